The van der Waals surface area contributed by atoms with Gasteiger partial charge in [0.25, 0.3) is 0 Å². The van der Waals surface area contributed by atoms with Crippen LogP contribution in [0.1, 0.15) is 49.3 Å². The number of aromatic nitrogens is 1. The summed E-state index contributed by atoms with van der Waals surface area (Å²) in [4.78, 5) is 31.8. The van der Waals surface area contributed by atoms with Crippen molar-refractivity contribution in [3.05, 3.63) is 87.2 Å². The number of esters is 1. The number of carbonyl (C=O) groups excluding carboxylic acids is 2. The van der Waals surface area contributed by atoms with Gasteiger partial charge in [0.05, 0.1) is 17.2 Å². The lowest BCUT2D eigenvalue weighted by atomic mass is 9.78. The van der Waals surface area contributed by atoms with Gasteiger partial charge in [0.2, 0.25) is 0 Å². The van der Waals surface area contributed by atoms with Crippen LogP contribution in [0.2, 0.25) is 0 Å². The molecule has 1 fully saturated rings. The number of pyridine rings is 1. The van der Waals surface area contributed by atoms with Gasteiger partial charge < -0.3 is 10.1 Å². The summed E-state index contributed by atoms with van der Waals surface area (Å²) in [5, 5.41) is 15.3. The van der Waals surface area contributed by atoms with Crippen molar-refractivity contribution >= 4 is 33.3 Å². The summed E-state index contributed by atoms with van der Waals surface area (Å²) in [6.07, 6.45) is 3.74. The van der Waals surface area contributed by atoms with E-state index in [0.717, 1.165) is 45.6 Å². The van der Waals surface area contributed by atoms with E-state index in [2.05, 4.69) is 16.4 Å². The van der Waals surface area contributed by atoms with Crippen LogP contribution in [0.25, 0.3) is 10.2 Å². The van der Waals surface area contributed by atoms with Crippen LogP contribution in [0.4, 0.5) is 0 Å². The molecule has 3 heterocycles. The number of ketones is 1. The molecule has 7 heteroatoms. The van der Waals surface area contributed by atoms with Crippen molar-refractivity contribution < 1.29 is 14.3 Å². The number of rotatable bonds is 6. The third-order valence-corrected chi connectivity index (χ3v) is 7.24. The zero-order valence-electron chi connectivity index (χ0n) is 18.9. The normalized spacial score (nSPS) is 18.0. The Morgan fingerprint density at radius 3 is 2.65 bits per heavy atom. The van der Waals surface area contributed by atoms with Crippen molar-refractivity contribution in [1.82, 2.24) is 10.3 Å². The molecule has 1 saturated carbocycles. The summed E-state index contributed by atoms with van der Waals surface area (Å²) in [5.74, 6) is -0.768. The van der Waals surface area contributed by atoms with Gasteiger partial charge in [-0.1, -0.05) is 18.2 Å². The minimum absolute atomic E-state index is 0.0783. The first-order valence-corrected chi connectivity index (χ1v) is 12.1. The van der Waals surface area contributed by atoms with Crippen molar-refractivity contribution in [1.29, 1.82) is 5.26 Å². The number of ether oxygens (including phenoxy) is 1. The summed E-state index contributed by atoms with van der Waals surface area (Å²) in [6, 6.07) is 12.9. The molecule has 5 rings (SSSR count). The second kappa shape index (κ2) is 8.88. The average Bonchev–Trinajstić information content (AvgIpc) is 3.60. The van der Waals surface area contributed by atoms with E-state index in [1.807, 2.05) is 24.4 Å². The Morgan fingerprint density at radius 1 is 1.21 bits per heavy atom. The molecule has 2 aliphatic rings. The van der Waals surface area contributed by atoms with Gasteiger partial charge in [-0.2, -0.15) is 5.26 Å². The summed E-state index contributed by atoms with van der Waals surface area (Å²) in [6.45, 7) is 3.53. The van der Waals surface area contributed by atoms with Crippen LogP contribution < -0.4 is 5.32 Å². The van der Waals surface area contributed by atoms with Gasteiger partial charge in [0.15, 0.2) is 5.78 Å². The van der Waals surface area contributed by atoms with Crippen LogP contribution in [-0.4, -0.2) is 16.7 Å². The Bertz CT molecular complexity index is 1400. The summed E-state index contributed by atoms with van der Waals surface area (Å²) < 4.78 is 5.79. The number of hydrogen-bond acceptors (Lipinski definition) is 7. The van der Waals surface area contributed by atoms with Crippen molar-refractivity contribution in [3.8, 4) is 6.07 Å². The molecule has 0 saturated heterocycles. The van der Waals surface area contributed by atoms with Crippen LogP contribution >= 0.6 is 11.3 Å². The number of fused-ring (bicyclic) bond motifs is 1. The minimum Gasteiger partial charge on any atom is -0.457 e. The zero-order chi connectivity index (χ0) is 23.8. The van der Waals surface area contributed by atoms with Gasteiger partial charge >= 0.3 is 5.97 Å². The predicted octanol–water partition coefficient (Wildman–Crippen LogP) is 5.13. The quantitative estimate of drug-likeness (QED) is 0.504. The van der Waals surface area contributed by atoms with Crippen LogP contribution in [-0.2, 0) is 20.9 Å². The standard InChI is InChI=1S/C27H23N3O3S/c1-15-22(16(2)31)23(21-14-34-26-20(21)4-3-11-29-26)24(25(30-15)19-9-10-19)27(32)33-13-18-7-5-17(12-28)6-8-18/h3-8,11,14,19,23,30H,9-10,13H2,1-2H3. The molecule has 0 amide bonds. The smallest absolute Gasteiger partial charge is 0.337 e. The molecule has 34 heavy (non-hydrogen) atoms. The SMILES string of the molecule is CC(=O)C1=C(C)NC(C2CC2)=C(C(=O)OCc2ccc(C#N)cc2)C1c1csc2ncccc12. The van der Waals surface area contributed by atoms with Gasteiger partial charge in [0, 0.05) is 34.5 Å². The van der Waals surface area contributed by atoms with Crippen LogP contribution in [0.5, 0.6) is 0 Å². The fraction of sp³-hybridized carbons (Fsp3) is 0.259. The largest absolute Gasteiger partial charge is 0.457 e. The maximum absolute atomic E-state index is 13.6. The van der Waals surface area contributed by atoms with E-state index in [1.165, 1.54) is 11.3 Å². The first-order chi connectivity index (χ1) is 16.5. The van der Waals surface area contributed by atoms with Crippen molar-refractivity contribution in [3.63, 3.8) is 0 Å². The fourth-order valence-electron chi connectivity index (χ4n) is 4.57. The number of hydrogen-bond donors (Lipinski definition) is 1. The molecule has 0 spiro atoms. The molecule has 3 aromatic rings. The monoisotopic (exact) mass is 469 g/mol. The average molecular weight is 470 g/mol. The first-order valence-electron chi connectivity index (χ1n) is 11.2. The summed E-state index contributed by atoms with van der Waals surface area (Å²) in [5.41, 5.74) is 4.99. The van der Waals surface area contributed by atoms with Crippen molar-refractivity contribution in [2.75, 3.05) is 0 Å². The molecule has 1 aliphatic heterocycles. The number of nitriles is 1. The molecular weight excluding hydrogens is 446 g/mol. The lowest BCUT2D eigenvalue weighted by Gasteiger charge is -2.31. The zero-order valence-corrected chi connectivity index (χ0v) is 19.7. The second-order valence-electron chi connectivity index (χ2n) is 8.69. The van der Waals surface area contributed by atoms with E-state index in [-0.39, 0.29) is 18.3 Å². The van der Waals surface area contributed by atoms with Crippen LogP contribution in [0.15, 0.2) is 70.5 Å². The Labute approximate surface area is 201 Å². The van der Waals surface area contributed by atoms with E-state index >= 15 is 0 Å². The molecule has 0 bridgehead atoms. The highest BCUT2D eigenvalue weighted by atomic mass is 32.1. The number of thiophene rings is 1. The Kier molecular flexibility index (Phi) is 5.76. The Morgan fingerprint density at radius 2 is 1.97 bits per heavy atom. The number of carbonyl (C=O) groups is 2. The molecule has 1 unspecified atom stereocenters. The minimum atomic E-state index is -0.513. The number of Topliss-reactive ketones (excluding diaryl/α,β-unsaturated/α-hetero) is 1. The van der Waals surface area contributed by atoms with Gasteiger partial charge in [-0.25, -0.2) is 9.78 Å². The van der Waals surface area contributed by atoms with Crippen LogP contribution in [0.3, 0.4) is 0 Å². The van der Waals surface area contributed by atoms with E-state index in [0.29, 0.717) is 16.7 Å². The van der Waals surface area contributed by atoms with Gasteiger partial charge in [-0.05, 0) is 67.3 Å². The van der Waals surface area contributed by atoms with Crippen molar-refractivity contribution in [2.45, 2.75) is 39.2 Å². The maximum Gasteiger partial charge on any atom is 0.337 e. The Hall–Kier alpha value is -3.76. The van der Waals surface area contributed by atoms with E-state index in [9.17, 15) is 9.59 Å². The molecule has 0 radical (unpaired) electrons. The number of nitrogens with zero attached hydrogens (tertiary/aromatic N) is 2. The number of dihydropyridines is 1. The molecular formula is C27H23N3O3S. The lowest BCUT2D eigenvalue weighted by Crippen LogP contribution is -2.32. The number of allylic oxidation sites excluding steroid dienone is 3. The topological polar surface area (TPSA) is 92.1 Å². The van der Waals surface area contributed by atoms with Gasteiger partial charge in [0.1, 0.15) is 11.4 Å². The predicted molar refractivity (Wildman–Crippen MR) is 130 cm³/mol. The lowest BCUT2D eigenvalue weighted by molar-refractivity contribution is -0.140. The highest BCUT2D eigenvalue weighted by Gasteiger charge is 2.42. The third kappa shape index (κ3) is 4.02. The molecule has 1 aromatic carbocycles. The third-order valence-electron chi connectivity index (χ3n) is 6.32. The second-order valence-corrected chi connectivity index (χ2v) is 9.54. The number of benzene rings is 1. The highest BCUT2D eigenvalue weighted by molar-refractivity contribution is 7.16. The highest BCUT2D eigenvalue weighted by Crippen LogP contribution is 2.48. The van der Waals surface area contributed by atoms with E-state index < -0.39 is 11.9 Å². The van der Waals surface area contributed by atoms with E-state index in [1.54, 1.807) is 37.4 Å². The molecule has 1 atom stereocenters. The maximum atomic E-state index is 13.6. The summed E-state index contributed by atoms with van der Waals surface area (Å²) >= 11 is 1.51. The van der Waals surface area contributed by atoms with Gasteiger partial charge in [-0.15, -0.1) is 11.3 Å². The molecule has 1 N–H and O–H groups in total. The summed E-state index contributed by atoms with van der Waals surface area (Å²) in [7, 11) is 0. The molecule has 170 valence electrons. The molecule has 1 aliphatic carbocycles. The Balaban J connectivity index is 1.57. The number of nitrogens with one attached hydrogen (secondary N) is 1. The first kappa shape index (κ1) is 22.1. The van der Waals surface area contributed by atoms with Crippen LogP contribution in [0, 0.1) is 17.2 Å². The molecule has 2 aromatic heterocycles. The van der Waals surface area contributed by atoms with Gasteiger partial charge in [-0.3, -0.25) is 4.79 Å². The fourth-order valence-corrected chi connectivity index (χ4v) is 5.50. The van der Waals surface area contributed by atoms with Crippen molar-refractivity contribution in [2.24, 2.45) is 5.92 Å². The molecule has 6 nitrogen and oxygen atoms in total. The van der Waals surface area contributed by atoms with E-state index in [4.69, 9.17) is 10.00 Å².